The summed E-state index contributed by atoms with van der Waals surface area (Å²) >= 11 is 0. The molecule has 0 spiro atoms. The number of fused-ring (bicyclic) bond motifs is 4. The molecule has 0 amide bonds. The molecular weight excluding hydrogens is 460 g/mol. The highest BCUT2D eigenvalue weighted by Gasteiger charge is 2.16. The van der Waals surface area contributed by atoms with Crippen molar-refractivity contribution >= 4 is 44.5 Å². The minimum atomic E-state index is 1.14. The first kappa shape index (κ1) is 23.8. The highest BCUT2D eigenvalue weighted by atomic mass is 15.0. The third kappa shape index (κ3) is 3.64. The summed E-state index contributed by atoms with van der Waals surface area (Å²) in [5, 5.41) is 3.79. The summed E-state index contributed by atoms with van der Waals surface area (Å²) in [6.45, 7) is 12.6. The van der Waals surface area contributed by atoms with E-state index in [1.807, 2.05) is 6.08 Å². The molecule has 0 N–H and O–H groups in total. The van der Waals surface area contributed by atoms with Gasteiger partial charge < -0.3 is 9.13 Å². The van der Waals surface area contributed by atoms with Crippen molar-refractivity contribution in [2.75, 3.05) is 0 Å². The Morgan fingerprint density at radius 1 is 0.711 bits per heavy atom. The predicted molar refractivity (Wildman–Crippen MR) is 166 cm³/mol. The van der Waals surface area contributed by atoms with Gasteiger partial charge >= 0.3 is 0 Å². The third-order valence-electron chi connectivity index (χ3n) is 7.65. The van der Waals surface area contributed by atoms with Crippen LogP contribution in [-0.4, -0.2) is 9.13 Å². The molecule has 4 aromatic carbocycles. The SMILES string of the molecule is C=Cc1c(C)c2cc(-c3ccc4c(c3)c3ccccc3n4C(/C=C\C)=C/C)ccc2n1-c1ccc(C)cc1. The molecule has 0 unspecified atom stereocenters. The summed E-state index contributed by atoms with van der Waals surface area (Å²) in [7, 11) is 0. The van der Waals surface area contributed by atoms with Gasteiger partial charge in [-0.15, -0.1) is 0 Å². The number of hydrogen-bond acceptors (Lipinski definition) is 0. The standard InChI is InChI=1S/C36H32N2/c1-6-11-28(7-2)37-34-13-10-9-12-30(34)32-23-27(17-21-36(32)37)26-16-20-35-31(22-26)25(5)33(8-3)38(35)29-18-14-24(4)15-19-29/h6-23H,3H2,1-2,4-5H3/b11-6-,28-7+. The summed E-state index contributed by atoms with van der Waals surface area (Å²) < 4.78 is 4.68. The minimum absolute atomic E-state index is 1.14. The average Bonchev–Trinajstić information content (AvgIpc) is 3.43. The van der Waals surface area contributed by atoms with Crippen LogP contribution in [0, 0.1) is 13.8 Å². The first-order chi connectivity index (χ1) is 18.5. The number of hydrogen-bond donors (Lipinski definition) is 0. The highest BCUT2D eigenvalue weighted by molar-refractivity contribution is 6.11. The van der Waals surface area contributed by atoms with E-state index in [4.69, 9.17) is 0 Å². The van der Waals surface area contributed by atoms with Gasteiger partial charge in [-0.2, -0.15) is 0 Å². The number of aromatic nitrogens is 2. The Kier molecular flexibility index (Phi) is 5.88. The Balaban J connectivity index is 1.56. The summed E-state index contributed by atoms with van der Waals surface area (Å²) in [4.78, 5) is 0. The van der Waals surface area contributed by atoms with Gasteiger partial charge in [-0.05, 0) is 99.0 Å². The van der Waals surface area contributed by atoms with E-state index < -0.39 is 0 Å². The van der Waals surface area contributed by atoms with Crippen LogP contribution in [0.2, 0.25) is 0 Å². The number of allylic oxidation sites excluding steroid dienone is 4. The normalized spacial score (nSPS) is 12.4. The lowest BCUT2D eigenvalue weighted by Gasteiger charge is -2.10. The minimum Gasteiger partial charge on any atom is -0.310 e. The van der Waals surface area contributed by atoms with E-state index in [1.54, 1.807) is 0 Å². The fourth-order valence-corrected chi connectivity index (χ4v) is 5.76. The molecule has 2 nitrogen and oxygen atoms in total. The lowest BCUT2D eigenvalue weighted by atomic mass is 10.0. The van der Waals surface area contributed by atoms with Crippen molar-refractivity contribution < 1.29 is 0 Å². The Morgan fingerprint density at radius 2 is 1.37 bits per heavy atom. The topological polar surface area (TPSA) is 9.86 Å². The van der Waals surface area contributed by atoms with Crippen molar-refractivity contribution in [2.24, 2.45) is 0 Å². The average molecular weight is 493 g/mol. The fourth-order valence-electron chi connectivity index (χ4n) is 5.76. The van der Waals surface area contributed by atoms with Gasteiger partial charge in [0, 0.05) is 33.2 Å². The summed E-state index contributed by atoms with van der Waals surface area (Å²) in [5.74, 6) is 0. The second-order valence-corrected chi connectivity index (χ2v) is 9.92. The highest BCUT2D eigenvalue weighted by Crippen LogP contribution is 2.37. The maximum absolute atomic E-state index is 4.14. The van der Waals surface area contributed by atoms with E-state index in [0.29, 0.717) is 0 Å². The zero-order valence-electron chi connectivity index (χ0n) is 22.5. The largest absolute Gasteiger partial charge is 0.310 e. The second kappa shape index (κ2) is 9.39. The number of aryl methyl sites for hydroxylation is 2. The number of benzene rings is 4. The molecule has 38 heavy (non-hydrogen) atoms. The zero-order valence-corrected chi connectivity index (χ0v) is 22.5. The fraction of sp³-hybridized carbons (Fsp3) is 0.111. The van der Waals surface area contributed by atoms with Crippen molar-refractivity contribution in [1.29, 1.82) is 0 Å². The van der Waals surface area contributed by atoms with Crippen LogP contribution >= 0.6 is 0 Å². The van der Waals surface area contributed by atoms with E-state index in [-0.39, 0.29) is 0 Å². The molecule has 0 saturated heterocycles. The van der Waals surface area contributed by atoms with Gasteiger partial charge in [-0.25, -0.2) is 0 Å². The number of nitrogens with zero attached hydrogens (tertiary/aromatic N) is 2. The maximum Gasteiger partial charge on any atom is 0.0541 e. The van der Waals surface area contributed by atoms with Gasteiger partial charge in [-0.1, -0.05) is 66.8 Å². The molecular formula is C36H32N2. The lowest BCUT2D eigenvalue weighted by Crippen LogP contribution is -1.96. The molecule has 186 valence electrons. The van der Waals surface area contributed by atoms with E-state index in [9.17, 15) is 0 Å². The van der Waals surface area contributed by atoms with Crippen molar-refractivity contribution in [1.82, 2.24) is 9.13 Å². The van der Waals surface area contributed by atoms with Crippen molar-refractivity contribution in [3.8, 4) is 16.8 Å². The molecule has 2 heteroatoms. The van der Waals surface area contributed by atoms with Crippen LogP contribution in [0.4, 0.5) is 0 Å². The Bertz CT molecular complexity index is 1900. The summed E-state index contributed by atoms with van der Waals surface area (Å²) in [6, 6.07) is 31.1. The number of para-hydroxylation sites is 1. The molecule has 0 aliphatic rings. The number of rotatable bonds is 5. The first-order valence-electron chi connectivity index (χ1n) is 13.2. The van der Waals surface area contributed by atoms with Crippen molar-refractivity contribution in [3.63, 3.8) is 0 Å². The van der Waals surface area contributed by atoms with Gasteiger partial charge in [0.1, 0.15) is 0 Å². The molecule has 6 rings (SSSR count). The van der Waals surface area contributed by atoms with Gasteiger partial charge in [0.2, 0.25) is 0 Å². The summed E-state index contributed by atoms with van der Waals surface area (Å²) in [5.41, 5.74) is 12.1. The van der Waals surface area contributed by atoms with Crippen LogP contribution < -0.4 is 0 Å². The molecule has 0 aliphatic carbocycles. The van der Waals surface area contributed by atoms with Crippen LogP contribution in [0.1, 0.15) is 30.7 Å². The lowest BCUT2D eigenvalue weighted by molar-refractivity contribution is 1.09. The molecule has 0 atom stereocenters. The predicted octanol–water partition coefficient (Wildman–Crippen LogP) is 10.1. The Morgan fingerprint density at radius 3 is 2.05 bits per heavy atom. The monoisotopic (exact) mass is 492 g/mol. The van der Waals surface area contributed by atoms with Crippen LogP contribution in [0.3, 0.4) is 0 Å². The maximum atomic E-state index is 4.14. The van der Waals surface area contributed by atoms with Gasteiger partial charge in [0.15, 0.2) is 0 Å². The zero-order chi connectivity index (χ0) is 26.4. The molecule has 0 radical (unpaired) electrons. The molecule has 6 aromatic rings. The first-order valence-corrected chi connectivity index (χ1v) is 13.2. The molecule has 2 aromatic heterocycles. The Labute approximate surface area is 224 Å². The van der Waals surface area contributed by atoms with Crippen LogP contribution in [0.25, 0.3) is 61.3 Å². The second-order valence-electron chi connectivity index (χ2n) is 9.92. The quantitative estimate of drug-likeness (QED) is 0.212. The molecule has 0 aliphatic heterocycles. The van der Waals surface area contributed by atoms with Gasteiger partial charge in [-0.3, -0.25) is 0 Å². The van der Waals surface area contributed by atoms with E-state index in [0.717, 1.165) is 11.4 Å². The van der Waals surface area contributed by atoms with Gasteiger partial charge in [0.05, 0.1) is 16.6 Å². The van der Waals surface area contributed by atoms with E-state index in [1.165, 1.54) is 60.7 Å². The van der Waals surface area contributed by atoms with Crippen LogP contribution in [0.15, 0.2) is 110 Å². The van der Waals surface area contributed by atoms with Gasteiger partial charge in [0.25, 0.3) is 0 Å². The molecule has 0 bridgehead atoms. The van der Waals surface area contributed by atoms with Crippen molar-refractivity contribution in [2.45, 2.75) is 27.7 Å². The molecule has 2 heterocycles. The Hall–Kier alpha value is -4.56. The van der Waals surface area contributed by atoms with Crippen molar-refractivity contribution in [3.05, 3.63) is 127 Å². The van der Waals surface area contributed by atoms with Crippen LogP contribution in [-0.2, 0) is 0 Å². The van der Waals surface area contributed by atoms with E-state index >= 15 is 0 Å². The molecule has 0 fully saturated rings. The van der Waals surface area contributed by atoms with E-state index in [2.05, 4.69) is 147 Å². The smallest absolute Gasteiger partial charge is 0.0541 e. The molecule has 0 saturated carbocycles. The summed E-state index contributed by atoms with van der Waals surface area (Å²) in [6.07, 6.45) is 8.42. The van der Waals surface area contributed by atoms with Crippen LogP contribution in [0.5, 0.6) is 0 Å². The third-order valence-corrected chi connectivity index (χ3v) is 7.65.